The first-order valence-electron chi connectivity index (χ1n) is 8.95. The van der Waals surface area contributed by atoms with E-state index in [1.807, 2.05) is 55.9 Å². The van der Waals surface area contributed by atoms with E-state index in [2.05, 4.69) is 29.6 Å². The van der Waals surface area contributed by atoms with Gasteiger partial charge in [-0.05, 0) is 43.9 Å². The Labute approximate surface area is 150 Å². The van der Waals surface area contributed by atoms with Gasteiger partial charge in [-0.3, -0.25) is 9.48 Å². The molecule has 0 saturated carbocycles. The number of nitrogens with one attached hydrogen (secondary N) is 2. The second-order valence-corrected chi connectivity index (χ2v) is 6.94. The van der Waals surface area contributed by atoms with Crippen molar-refractivity contribution >= 4 is 11.6 Å². The maximum atomic E-state index is 12.3. The summed E-state index contributed by atoms with van der Waals surface area (Å²) in [7, 11) is 1.94. The Morgan fingerprint density at radius 3 is 2.44 bits per heavy atom. The van der Waals surface area contributed by atoms with Crippen LogP contribution in [0.25, 0.3) is 0 Å². The molecule has 1 heterocycles. The van der Waals surface area contributed by atoms with Crippen LogP contribution in [0.3, 0.4) is 0 Å². The third kappa shape index (κ3) is 5.34. The molecule has 1 aromatic carbocycles. The van der Waals surface area contributed by atoms with Gasteiger partial charge in [0.05, 0.1) is 5.69 Å². The molecule has 5 heteroatoms. The van der Waals surface area contributed by atoms with Crippen LogP contribution < -0.4 is 10.6 Å². The molecular weight excluding hydrogens is 312 g/mol. The topological polar surface area (TPSA) is 59.0 Å². The zero-order valence-electron chi connectivity index (χ0n) is 16.0. The lowest BCUT2D eigenvalue weighted by atomic mass is 10.0. The smallest absolute Gasteiger partial charge is 0.220 e. The highest BCUT2D eigenvalue weighted by atomic mass is 16.1. The van der Waals surface area contributed by atoms with Gasteiger partial charge in [-0.25, -0.2) is 0 Å². The number of nitrogens with zero attached hydrogens (tertiary/aromatic N) is 2. The SMILES string of the molecule is Cc1nn(C)c(C)c1CCC(=O)NCC(Nc1ccccc1)C(C)C. The largest absolute Gasteiger partial charge is 0.380 e. The number of hydrogen-bond acceptors (Lipinski definition) is 3. The molecule has 1 amide bonds. The van der Waals surface area contributed by atoms with E-state index in [-0.39, 0.29) is 11.9 Å². The van der Waals surface area contributed by atoms with E-state index in [1.54, 1.807) is 0 Å². The fourth-order valence-electron chi connectivity index (χ4n) is 2.93. The lowest BCUT2D eigenvalue weighted by molar-refractivity contribution is -0.121. The van der Waals surface area contributed by atoms with Crippen LogP contribution in [0.1, 0.15) is 37.2 Å². The molecule has 0 bridgehead atoms. The molecule has 1 atom stereocenters. The zero-order valence-corrected chi connectivity index (χ0v) is 16.0. The highest BCUT2D eigenvalue weighted by molar-refractivity contribution is 5.76. The molecule has 0 aliphatic heterocycles. The van der Waals surface area contributed by atoms with E-state index in [9.17, 15) is 4.79 Å². The zero-order chi connectivity index (χ0) is 18.4. The Morgan fingerprint density at radius 1 is 1.20 bits per heavy atom. The van der Waals surface area contributed by atoms with Gasteiger partial charge in [0, 0.05) is 37.4 Å². The maximum absolute atomic E-state index is 12.3. The van der Waals surface area contributed by atoms with E-state index in [0.717, 1.165) is 23.5 Å². The van der Waals surface area contributed by atoms with Crippen LogP contribution in [0.5, 0.6) is 0 Å². The minimum absolute atomic E-state index is 0.0863. The highest BCUT2D eigenvalue weighted by Crippen LogP contribution is 2.14. The van der Waals surface area contributed by atoms with Crippen molar-refractivity contribution in [1.82, 2.24) is 15.1 Å². The second kappa shape index (κ2) is 8.70. The van der Waals surface area contributed by atoms with E-state index in [0.29, 0.717) is 18.9 Å². The first-order chi connectivity index (χ1) is 11.9. The minimum Gasteiger partial charge on any atom is -0.380 e. The number of benzene rings is 1. The normalized spacial score (nSPS) is 12.2. The minimum atomic E-state index is 0.0863. The molecule has 0 saturated heterocycles. The summed E-state index contributed by atoms with van der Waals surface area (Å²) in [6.07, 6.45) is 1.22. The molecule has 1 aromatic heterocycles. The van der Waals surface area contributed by atoms with Gasteiger partial charge < -0.3 is 10.6 Å². The fourth-order valence-corrected chi connectivity index (χ4v) is 2.93. The van der Waals surface area contributed by atoms with Crippen molar-refractivity contribution in [3.05, 3.63) is 47.3 Å². The first kappa shape index (κ1) is 19.0. The van der Waals surface area contributed by atoms with Crippen molar-refractivity contribution in [2.24, 2.45) is 13.0 Å². The molecule has 2 aromatic rings. The third-order valence-corrected chi connectivity index (χ3v) is 4.71. The number of aryl methyl sites for hydroxylation is 2. The number of para-hydroxylation sites is 1. The summed E-state index contributed by atoms with van der Waals surface area (Å²) in [6, 6.07) is 10.3. The molecule has 2 rings (SSSR count). The molecule has 25 heavy (non-hydrogen) atoms. The summed E-state index contributed by atoms with van der Waals surface area (Å²) < 4.78 is 1.88. The van der Waals surface area contributed by atoms with E-state index in [4.69, 9.17) is 0 Å². The summed E-state index contributed by atoms with van der Waals surface area (Å²) in [5.74, 6) is 0.506. The monoisotopic (exact) mass is 342 g/mol. The van der Waals surface area contributed by atoms with Crippen molar-refractivity contribution in [3.8, 4) is 0 Å². The fraction of sp³-hybridized carbons (Fsp3) is 0.500. The van der Waals surface area contributed by atoms with Gasteiger partial charge >= 0.3 is 0 Å². The Morgan fingerprint density at radius 2 is 1.88 bits per heavy atom. The summed E-state index contributed by atoms with van der Waals surface area (Å²) in [4.78, 5) is 12.3. The lowest BCUT2D eigenvalue weighted by Crippen LogP contribution is -2.39. The average Bonchev–Trinajstić information content (AvgIpc) is 2.82. The van der Waals surface area contributed by atoms with Crippen molar-refractivity contribution in [2.75, 3.05) is 11.9 Å². The Kier molecular flexibility index (Phi) is 6.62. The Hall–Kier alpha value is -2.30. The van der Waals surface area contributed by atoms with E-state index in [1.165, 1.54) is 5.56 Å². The maximum Gasteiger partial charge on any atom is 0.220 e. The summed E-state index contributed by atoms with van der Waals surface area (Å²) in [6.45, 7) is 8.99. The van der Waals surface area contributed by atoms with Gasteiger partial charge in [-0.2, -0.15) is 5.10 Å². The molecule has 2 N–H and O–H groups in total. The van der Waals surface area contributed by atoms with Crippen LogP contribution in [0.2, 0.25) is 0 Å². The average molecular weight is 342 g/mol. The number of carbonyl (C=O) groups excluding carboxylic acids is 1. The van der Waals surface area contributed by atoms with Crippen LogP contribution in [0.15, 0.2) is 30.3 Å². The number of anilines is 1. The Balaban J connectivity index is 1.84. The molecule has 0 aliphatic rings. The van der Waals surface area contributed by atoms with Crippen LogP contribution in [-0.2, 0) is 18.3 Å². The van der Waals surface area contributed by atoms with Crippen molar-refractivity contribution in [1.29, 1.82) is 0 Å². The standard InChI is InChI=1S/C20H30N4O/c1-14(2)19(22-17-9-7-6-8-10-17)13-21-20(25)12-11-18-15(3)23-24(5)16(18)4/h6-10,14,19,22H,11-13H2,1-5H3,(H,21,25). The molecule has 0 spiro atoms. The number of aromatic nitrogens is 2. The van der Waals surface area contributed by atoms with Crippen LogP contribution in [0, 0.1) is 19.8 Å². The molecule has 0 fully saturated rings. The van der Waals surface area contributed by atoms with Gasteiger partial charge in [0.1, 0.15) is 0 Å². The van der Waals surface area contributed by atoms with Gasteiger partial charge in [0.15, 0.2) is 0 Å². The molecular formula is C20H30N4O. The van der Waals surface area contributed by atoms with Crippen molar-refractivity contribution in [3.63, 3.8) is 0 Å². The summed E-state index contributed by atoms with van der Waals surface area (Å²) >= 11 is 0. The predicted octanol–water partition coefficient (Wildman–Crippen LogP) is 3.22. The van der Waals surface area contributed by atoms with E-state index >= 15 is 0 Å². The quantitative estimate of drug-likeness (QED) is 0.774. The number of rotatable bonds is 8. The highest BCUT2D eigenvalue weighted by Gasteiger charge is 2.15. The molecule has 0 aliphatic carbocycles. The number of hydrogen-bond donors (Lipinski definition) is 2. The van der Waals surface area contributed by atoms with E-state index < -0.39 is 0 Å². The van der Waals surface area contributed by atoms with Crippen LogP contribution in [0.4, 0.5) is 5.69 Å². The van der Waals surface area contributed by atoms with Gasteiger partial charge in [-0.1, -0.05) is 32.0 Å². The predicted molar refractivity (Wildman–Crippen MR) is 103 cm³/mol. The second-order valence-electron chi connectivity index (χ2n) is 6.94. The third-order valence-electron chi connectivity index (χ3n) is 4.71. The molecule has 5 nitrogen and oxygen atoms in total. The van der Waals surface area contributed by atoms with Crippen molar-refractivity contribution < 1.29 is 4.79 Å². The lowest BCUT2D eigenvalue weighted by Gasteiger charge is -2.24. The molecule has 0 radical (unpaired) electrons. The molecule has 136 valence electrons. The van der Waals surface area contributed by atoms with Gasteiger partial charge in [0.2, 0.25) is 5.91 Å². The van der Waals surface area contributed by atoms with Gasteiger partial charge in [-0.15, -0.1) is 0 Å². The van der Waals surface area contributed by atoms with Gasteiger partial charge in [0.25, 0.3) is 0 Å². The first-order valence-corrected chi connectivity index (χ1v) is 8.95. The van der Waals surface area contributed by atoms with Crippen molar-refractivity contribution in [2.45, 2.75) is 46.6 Å². The molecule has 1 unspecified atom stereocenters. The van der Waals surface area contributed by atoms with Crippen LogP contribution in [-0.4, -0.2) is 28.3 Å². The van der Waals surface area contributed by atoms with Crippen LogP contribution >= 0.6 is 0 Å². The summed E-state index contributed by atoms with van der Waals surface area (Å²) in [5, 5.41) is 11.0. The number of carbonyl (C=O) groups is 1. The summed E-state index contributed by atoms with van der Waals surface area (Å²) in [5.41, 5.74) is 4.41. The Bertz CT molecular complexity index is 691. The number of amides is 1.